The van der Waals surface area contributed by atoms with E-state index in [1.54, 1.807) is 7.11 Å². The van der Waals surface area contributed by atoms with E-state index in [9.17, 15) is 14.7 Å². The van der Waals surface area contributed by atoms with Gasteiger partial charge in [-0.3, -0.25) is 14.5 Å². The molecule has 0 aliphatic carbocycles. The Kier molecular flexibility index (Phi) is 9.26. The number of amides is 1. The maximum atomic E-state index is 14.1. The molecule has 8 heteroatoms. The van der Waals surface area contributed by atoms with Gasteiger partial charge in [-0.1, -0.05) is 80.6 Å². The third-order valence-corrected chi connectivity index (χ3v) is 9.31. The number of fused-ring (bicyclic) bond motifs is 1. The number of likely N-dealkylation sites (tertiary alicyclic amines) is 1. The molecule has 0 aromatic heterocycles. The zero-order chi connectivity index (χ0) is 32.2. The molecular formula is C38H40N2O6. The largest absolute Gasteiger partial charge is 0.497 e. The second-order valence-electron chi connectivity index (χ2n) is 11.8. The van der Waals surface area contributed by atoms with Crippen molar-refractivity contribution in [3.8, 4) is 17.2 Å². The Morgan fingerprint density at radius 1 is 0.870 bits per heavy atom. The lowest BCUT2D eigenvalue weighted by molar-refractivity contribution is -0.143. The smallest absolute Gasteiger partial charge is 0.309 e. The van der Waals surface area contributed by atoms with Crippen LogP contribution in [0.2, 0.25) is 0 Å². The van der Waals surface area contributed by atoms with Gasteiger partial charge in [0.15, 0.2) is 11.5 Å². The Bertz CT molecular complexity index is 1660. The summed E-state index contributed by atoms with van der Waals surface area (Å²) in [5.41, 5.74) is 6.12. The van der Waals surface area contributed by atoms with Gasteiger partial charge >= 0.3 is 5.97 Å². The van der Waals surface area contributed by atoms with Gasteiger partial charge in [-0.15, -0.1) is 0 Å². The van der Waals surface area contributed by atoms with Gasteiger partial charge in [0.25, 0.3) is 0 Å². The molecule has 2 aliphatic rings. The van der Waals surface area contributed by atoms with Crippen molar-refractivity contribution in [1.29, 1.82) is 0 Å². The van der Waals surface area contributed by atoms with Crippen molar-refractivity contribution in [2.45, 2.75) is 44.7 Å². The third kappa shape index (κ3) is 6.17. The van der Waals surface area contributed by atoms with E-state index in [2.05, 4.69) is 43.4 Å². The van der Waals surface area contributed by atoms with E-state index < -0.39 is 17.9 Å². The average Bonchev–Trinajstić information content (AvgIpc) is 3.72. The summed E-state index contributed by atoms with van der Waals surface area (Å²) in [7, 11) is 1.60. The highest BCUT2D eigenvalue weighted by Gasteiger charge is 2.48. The minimum atomic E-state index is -0.919. The molecule has 1 saturated heterocycles. The fraction of sp³-hybridized carbons (Fsp3) is 0.316. The normalized spacial score (nSPS) is 18.9. The highest BCUT2D eigenvalue weighted by Crippen LogP contribution is 2.48. The van der Waals surface area contributed by atoms with Crippen LogP contribution in [-0.4, -0.2) is 48.9 Å². The summed E-state index contributed by atoms with van der Waals surface area (Å²) >= 11 is 0. The first-order valence-electron chi connectivity index (χ1n) is 15.9. The lowest BCUT2D eigenvalue weighted by atomic mass is 9.82. The van der Waals surface area contributed by atoms with Crippen molar-refractivity contribution in [3.63, 3.8) is 0 Å². The molecule has 8 nitrogen and oxygen atoms in total. The molecule has 0 unspecified atom stereocenters. The Balaban J connectivity index is 1.36. The number of nitrogens with zero attached hydrogens (tertiary/aromatic N) is 1. The van der Waals surface area contributed by atoms with Crippen LogP contribution in [0.3, 0.4) is 0 Å². The molecule has 46 heavy (non-hydrogen) atoms. The number of aryl methyl sites for hydroxylation is 2. The van der Waals surface area contributed by atoms with E-state index in [1.807, 2.05) is 71.6 Å². The number of nitrogens with one attached hydrogen (secondary N) is 1. The SMILES string of the molecule is CCc1ccccc1C(NC(=O)CN1C[C@H](c2ccc3c(c2)OCO3)[C@@H](C(=O)O)[C@@H]1c1ccc(OC)cc1)c1ccccc1CC. The number of benzene rings is 4. The van der Waals surface area contributed by atoms with Crippen molar-refractivity contribution < 1.29 is 28.9 Å². The van der Waals surface area contributed by atoms with E-state index in [0.29, 0.717) is 23.8 Å². The Morgan fingerprint density at radius 3 is 2.09 bits per heavy atom. The first kappa shape index (κ1) is 31.2. The van der Waals surface area contributed by atoms with Crippen molar-refractivity contribution in [2.75, 3.05) is 27.0 Å². The molecule has 1 amide bonds. The molecule has 0 saturated carbocycles. The number of aliphatic carboxylic acids is 1. The van der Waals surface area contributed by atoms with Crippen LogP contribution in [0.15, 0.2) is 91.0 Å². The summed E-state index contributed by atoms with van der Waals surface area (Å²) in [5.74, 6) is -0.359. The maximum absolute atomic E-state index is 14.1. The standard InChI is InChI=1S/C38H40N2O6/c1-4-24-10-6-8-12-29(24)36(30-13-9-7-11-25(30)5-2)39-34(41)22-40-21-31(27-16-19-32-33(20-27)46-23-45-32)35(38(42)43)37(40)26-14-17-28(44-3)18-15-26/h6-20,31,35-37H,4-5,21-23H2,1-3H3,(H,39,41)(H,42,43)/t31-,35-,37+/m1/s1. The molecule has 0 spiro atoms. The first-order chi connectivity index (χ1) is 22.4. The maximum Gasteiger partial charge on any atom is 0.309 e. The van der Waals surface area contributed by atoms with Crippen LogP contribution >= 0.6 is 0 Å². The lowest BCUT2D eigenvalue weighted by Gasteiger charge is -2.29. The number of methoxy groups -OCH3 is 1. The van der Waals surface area contributed by atoms with Crippen LogP contribution in [0, 0.1) is 5.92 Å². The second kappa shape index (κ2) is 13.7. The van der Waals surface area contributed by atoms with E-state index >= 15 is 0 Å². The van der Waals surface area contributed by atoms with Gasteiger partial charge in [0.05, 0.1) is 25.6 Å². The van der Waals surface area contributed by atoms with Gasteiger partial charge in [0.2, 0.25) is 12.7 Å². The van der Waals surface area contributed by atoms with Crippen LogP contribution < -0.4 is 19.5 Å². The van der Waals surface area contributed by atoms with Gasteiger partial charge in [0, 0.05) is 18.5 Å². The zero-order valence-electron chi connectivity index (χ0n) is 26.4. The van der Waals surface area contributed by atoms with Crippen LogP contribution in [0.4, 0.5) is 0 Å². The molecule has 238 valence electrons. The molecule has 2 aliphatic heterocycles. The van der Waals surface area contributed by atoms with E-state index in [1.165, 1.54) is 11.1 Å². The van der Waals surface area contributed by atoms with Gasteiger partial charge in [0.1, 0.15) is 5.75 Å². The summed E-state index contributed by atoms with van der Waals surface area (Å²) in [6, 6.07) is 28.6. The minimum absolute atomic E-state index is 0.0284. The number of carboxylic acid groups (broad SMARTS) is 1. The van der Waals surface area contributed by atoms with Gasteiger partial charge in [-0.2, -0.15) is 0 Å². The van der Waals surface area contributed by atoms with Crippen molar-refractivity contribution in [3.05, 3.63) is 124 Å². The number of carbonyl (C=O) groups is 2. The molecule has 0 radical (unpaired) electrons. The Labute approximate surface area is 269 Å². The van der Waals surface area contributed by atoms with Gasteiger partial charge in [-0.25, -0.2) is 0 Å². The fourth-order valence-corrected chi connectivity index (χ4v) is 7.06. The monoisotopic (exact) mass is 620 g/mol. The summed E-state index contributed by atoms with van der Waals surface area (Å²) in [6.07, 6.45) is 1.67. The highest BCUT2D eigenvalue weighted by atomic mass is 16.7. The summed E-state index contributed by atoms with van der Waals surface area (Å²) in [5, 5.41) is 14.0. The third-order valence-electron chi connectivity index (χ3n) is 9.31. The summed E-state index contributed by atoms with van der Waals surface area (Å²) < 4.78 is 16.5. The van der Waals surface area contributed by atoms with Crippen LogP contribution in [0.5, 0.6) is 17.2 Å². The lowest BCUT2D eigenvalue weighted by Crippen LogP contribution is -2.40. The molecule has 3 atom stereocenters. The van der Waals surface area contributed by atoms with E-state index in [4.69, 9.17) is 14.2 Å². The topological polar surface area (TPSA) is 97.3 Å². The van der Waals surface area contributed by atoms with Crippen LogP contribution in [0.1, 0.15) is 65.2 Å². The molecule has 4 aromatic rings. The van der Waals surface area contributed by atoms with Gasteiger partial charge < -0.3 is 24.6 Å². The fourth-order valence-electron chi connectivity index (χ4n) is 7.06. The van der Waals surface area contributed by atoms with Crippen molar-refractivity contribution in [1.82, 2.24) is 10.2 Å². The molecule has 6 rings (SSSR count). The van der Waals surface area contributed by atoms with Crippen molar-refractivity contribution in [2.24, 2.45) is 5.92 Å². The Hall–Kier alpha value is -4.82. The number of ether oxygens (including phenoxy) is 3. The zero-order valence-corrected chi connectivity index (χ0v) is 26.4. The average molecular weight is 621 g/mol. The van der Waals surface area contributed by atoms with Crippen molar-refractivity contribution >= 4 is 11.9 Å². The summed E-state index contributed by atoms with van der Waals surface area (Å²) in [6.45, 7) is 4.78. The van der Waals surface area contributed by atoms with E-state index in [-0.39, 0.29) is 31.2 Å². The molecule has 0 bridgehead atoms. The predicted octanol–water partition coefficient (Wildman–Crippen LogP) is 6.30. The molecule has 2 heterocycles. The van der Waals surface area contributed by atoms with Crippen LogP contribution in [0.25, 0.3) is 0 Å². The molecule has 4 aromatic carbocycles. The molecular weight excluding hydrogens is 580 g/mol. The number of carbonyl (C=O) groups excluding carboxylic acids is 1. The van der Waals surface area contributed by atoms with E-state index in [0.717, 1.165) is 35.1 Å². The second-order valence-corrected chi connectivity index (χ2v) is 11.8. The number of hydrogen-bond donors (Lipinski definition) is 2. The van der Waals surface area contributed by atoms with Crippen LogP contribution in [-0.2, 0) is 22.4 Å². The highest BCUT2D eigenvalue weighted by molar-refractivity contribution is 5.80. The minimum Gasteiger partial charge on any atom is -0.497 e. The van der Waals surface area contributed by atoms with Gasteiger partial charge in [-0.05, 0) is 70.5 Å². The summed E-state index contributed by atoms with van der Waals surface area (Å²) in [4.78, 5) is 29.2. The first-order valence-corrected chi connectivity index (χ1v) is 15.9. The molecule has 2 N–H and O–H groups in total. The number of rotatable bonds is 11. The number of hydrogen-bond acceptors (Lipinski definition) is 6. The Morgan fingerprint density at radius 2 is 1.48 bits per heavy atom. The predicted molar refractivity (Wildman–Crippen MR) is 175 cm³/mol. The number of carboxylic acids is 1. The molecule has 1 fully saturated rings. The quantitative estimate of drug-likeness (QED) is 0.203.